The van der Waals surface area contributed by atoms with Crippen LogP contribution in [0.5, 0.6) is 0 Å². The first-order chi connectivity index (χ1) is 11.8. The van der Waals surface area contributed by atoms with Crippen molar-refractivity contribution in [3.05, 3.63) is 42.0 Å². The maximum Gasteiger partial charge on any atom is 0.379 e. The number of rotatable bonds is 6. The molecule has 0 saturated heterocycles. The maximum atomic E-state index is 12.5. The van der Waals surface area contributed by atoms with Gasteiger partial charge in [0.2, 0.25) is 0 Å². The van der Waals surface area contributed by atoms with Crippen molar-refractivity contribution < 1.29 is 19.1 Å². The second kappa shape index (κ2) is 7.69. The molecule has 1 atom stereocenters. The number of Topliss-reactive ketones (excluding diaryl/α,β-unsaturated/α-hetero) is 1. The standard InChI is InChI=1S/C17H20N4O4/c1-10(2)14(25-17(24)15-18-9-21(4)20-15)16(23)19-13-7-5-6-12(8-13)11(3)22/h5-10,14H,1-4H3,(H,19,23). The van der Waals surface area contributed by atoms with Crippen LogP contribution in [0.15, 0.2) is 30.6 Å². The molecule has 1 aromatic carbocycles. The van der Waals surface area contributed by atoms with E-state index in [4.69, 9.17) is 4.74 Å². The van der Waals surface area contributed by atoms with Gasteiger partial charge in [0.05, 0.1) is 0 Å². The zero-order chi connectivity index (χ0) is 18.6. The number of ketones is 1. The van der Waals surface area contributed by atoms with E-state index in [-0.39, 0.29) is 17.5 Å². The van der Waals surface area contributed by atoms with Crippen LogP contribution in [0.1, 0.15) is 41.7 Å². The van der Waals surface area contributed by atoms with Gasteiger partial charge in [-0.3, -0.25) is 14.3 Å². The third-order valence-electron chi connectivity index (χ3n) is 3.42. The van der Waals surface area contributed by atoms with Crippen LogP contribution in [-0.4, -0.2) is 38.5 Å². The summed E-state index contributed by atoms with van der Waals surface area (Å²) in [4.78, 5) is 39.8. The molecular weight excluding hydrogens is 324 g/mol. The number of nitrogens with zero attached hydrogens (tertiary/aromatic N) is 3. The van der Waals surface area contributed by atoms with Gasteiger partial charge in [0.15, 0.2) is 11.9 Å². The monoisotopic (exact) mass is 344 g/mol. The van der Waals surface area contributed by atoms with Crippen molar-refractivity contribution in [2.24, 2.45) is 13.0 Å². The summed E-state index contributed by atoms with van der Waals surface area (Å²) in [6.45, 7) is 4.96. The average molecular weight is 344 g/mol. The first-order valence-corrected chi connectivity index (χ1v) is 7.76. The summed E-state index contributed by atoms with van der Waals surface area (Å²) < 4.78 is 6.64. The van der Waals surface area contributed by atoms with Gasteiger partial charge in [-0.25, -0.2) is 9.78 Å². The summed E-state index contributed by atoms with van der Waals surface area (Å²) in [6.07, 6.45) is 0.353. The van der Waals surface area contributed by atoms with Crippen LogP contribution in [0.4, 0.5) is 5.69 Å². The number of aryl methyl sites for hydroxylation is 1. The third-order valence-corrected chi connectivity index (χ3v) is 3.42. The smallest absolute Gasteiger partial charge is 0.379 e. The van der Waals surface area contributed by atoms with E-state index in [0.29, 0.717) is 11.3 Å². The fraction of sp³-hybridized carbons (Fsp3) is 0.353. The van der Waals surface area contributed by atoms with Crippen LogP contribution in [0, 0.1) is 5.92 Å². The summed E-state index contributed by atoms with van der Waals surface area (Å²) in [5.74, 6) is -1.74. The molecule has 1 amide bonds. The van der Waals surface area contributed by atoms with Crippen molar-refractivity contribution in [3.8, 4) is 0 Å². The van der Waals surface area contributed by atoms with Crippen molar-refractivity contribution in [2.45, 2.75) is 26.9 Å². The minimum absolute atomic E-state index is 0.107. The van der Waals surface area contributed by atoms with Gasteiger partial charge < -0.3 is 10.1 Å². The van der Waals surface area contributed by atoms with Crippen molar-refractivity contribution >= 4 is 23.3 Å². The molecule has 0 saturated carbocycles. The van der Waals surface area contributed by atoms with Crippen LogP contribution in [0.3, 0.4) is 0 Å². The number of amides is 1. The summed E-state index contributed by atoms with van der Waals surface area (Å²) in [5, 5.41) is 6.53. The van der Waals surface area contributed by atoms with E-state index in [9.17, 15) is 14.4 Å². The lowest BCUT2D eigenvalue weighted by Gasteiger charge is -2.20. The maximum absolute atomic E-state index is 12.5. The molecule has 0 spiro atoms. The van der Waals surface area contributed by atoms with Crippen molar-refractivity contribution in [1.29, 1.82) is 0 Å². The Morgan fingerprint density at radius 2 is 1.96 bits per heavy atom. The van der Waals surface area contributed by atoms with Gasteiger partial charge in [-0.2, -0.15) is 0 Å². The highest BCUT2D eigenvalue weighted by molar-refractivity contribution is 5.99. The lowest BCUT2D eigenvalue weighted by molar-refractivity contribution is -0.126. The van der Waals surface area contributed by atoms with E-state index in [0.717, 1.165) is 0 Å². The lowest BCUT2D eigenvalue weighted by Crippen LogP contribution is -2.37. The van der Waals surface area contributed by atoms with Crippen molar-refractivity contribution in [3.63, 3.8) is 0 Å². The fourth-order valence-electron chi connectivity index (χ4n) is 2.12. The Morgan fingerprint density at radius 3 is 2.52 bits per heavy atom. The van der Waals surface area contributed by atoms with E-state index in [1.807, 2.05) is 0 Å². The van der Waals surface area contributed by atoms with Gasteiger partial charge in [0.25, 0.3) is 11.7 Å². The molecule has 0 radical (unpaired) electrons. The lowest BCUT2D eigenvalue weighted by atomic mass is 10.1. The molecular formula is C17H20N4O4. The van der Waals surface area contributed by atoms with Gasteiger partial charge in [0.1, 0.15) is 6.33 Å². The van der Waals surface area contributed by atoms with Crippen LogP contribution in [0.2, 0.25) is 0 Å². The molecule has 1 N–H and O–H groups in total. The minimum atomic E-state index is -1.02. The largest absolute Gasteiger partial charge is 0.446 e. The predicted molar refractivity (Wildman–Crippen MR) is 90.1 cm³/mol. The molecule has 0 aliphatic heterocycles. The Bertz CT molecular complexity index is 797. The van der Waals surface area contributed by atoms with Gasteiger partial charge in [0, 0.05) is 18.3 Å². The quantitative estimate of drug-likeness (QED) is 0.633. The second-order valence-corrected chi connectivity index (χ2v) is 5.94. The molecule has 0 fully saturated rings. The van der Waals surface area contributed by atoms with Crippen LogP contribution in [-0.2, 0) is 16.6 Å². The molecule has 1 aromatic heterocycles. The zero-order valence-corrected chi connectivity index (χ0v) is 14.5. The highest BCUT2D eigenvalue weighted by Crippen LogP contribution is 2.15. The van der Waals surface area contributed by atoms with E-state index in [1.165, 1.54) is 17.9 Å². The summed E-state index contributed by atoms with van der Waals surface area (Å²) in [7, 11) is 1.62. The van der Waals surface area contributed by atoms with Crippen LogP contribution in [0.25, 0.3) is 0 Å². The molecule has 8 heteroatoms. The minimum Gasteiger partial charge on any atom is -0.446 e. The highest BCUT2D eigenvalue weighted by Gasteiger charge is 2.28. The van der Waals surface area contributed by atoms with Gasteiger partial charge >= 0.3 is 5.97 Å². The van der Waals surface area contributed by atoms with Gasteiger partial charge in [-0.1, -0.05) is 26.0 Å². The normalized spacial score (nSPS) is 11.9. The molecule has 0 aliphatic rings. The topological polar surface area (TPSA) is 103 Å². The van der Waals surface area contributed by atoms with Crippen LogP contribution < -0.4 is 5.32 Å². The summed E-state index contributed by atoms with van der Waals surface area (Å²) >= 11 is 0. The number of carbonyl (C=O) groups is 3. The average Bonchev–Trinajstić information content (AvgIpc) is 2.98. The third kappa shape index (κ3) is 4.72. The Labute approximate surface area is 145 Å². The molecule has 1 unspecified atom stereocenters. The molecule has 1 heterocycles. The van der Waals surface area contributed by atoms with E-state index < -0.39 is 18.0 Å². The molecule has 132 valence electrons. The van der Waals surface area contributed by atoms with Gasteiger partial charge in [-0.15, -0.1) is 5.10 Å². The number of hydrogen-bond donors (Lipinski definition) is 1. The Kier molecular flexibility index (Phi) is 5.63. The molecule has 2 aromatic rings. The first kappa shape index (κ1) is 18.3. The van der Waals surface area contributed by atoms with Crippen molar-refractivity contribution in [1.82, 2.24) is 14.8 Å². The Balaban J connectivity index is 2.11. The van der Waals surface area contributed by atoms with Gasteiger partial charge in [-0.05, 0) is 25.0 Å². The molecule has 25 heavy (non-hydrogen) atoms. The molecule has 2 rings (SSSR count). The van der Waals surface area contributed by atoms with E-state index in [1.54, 1.807) is 45.2 Å². The fourth-order valence-corrected chi connectivity index (χ4v) is 2.12. The summed E-state index contributed by atoms with van der Waals surface area (Å²) in [5.41, 5.74) is 0.934. The molecule has 0 aliphatic carbocycles. The number of carbonyl (C=O) groups excluding carboxylic acids is 3. The van der Waals surface area contributed by atoms with Crippen LogP contribution >= 0.6 is 0 Å². The first-order valence-electron chi connectivity index (χ1n) is 7.76. The second-order valence-electron chi connectivity index (χ2n) is 5.94. The number of aromatic nitrogens is 3. The number of nitrogens with one attached hydrogen (secondary N) is 1. The Morgan fingerprint density at radius 1 is 1.24 bits per heavy atom. The van der Waals surface area contributed by atoms with E-state index in [2.05, 4.69) is 15.4 Å². The molecule has 0 bridgehead atoms. The Hall–Kier alpha value is -3.03. The predicted octanol–water partition coefficient (Wildman–Crippen LogP) is 1.84. The number of benzene rings is 1. The number of esters is 1. The summed E-state index contributed by atoms with van der Waals surface area (Å²) in [6, 6.07) is 6.55. The highest BCUT2D eigenvalue weighted by atomic mass is 16.5. The zero-order valence-electron chi connectivity index (χ0n) is 14.5. The number of ether oxygens (including phenoxy) is 1. The van der Waals surface area contributed by atoms with Crippen molar-refractivity contribution in [2.75, 3.05) is 5.32 Å². The number of anilines is 1. The molecule has 8 nitrogen and oxygen atoms in total. The van der Waals surface area contributed by atoms with E-state index >= 15 is 0 Å². The SMILES string of the molecule is CC(=O)c1cccc(NC(=O)C(OC(=O)c2ncn(C)n2)C(C)C)c1. The number of hydrogen-bond acceptors (Lipinski definition) is 6.